The van der Waals surface area contributed by atoms with E-state index in [1.807, 2.05) is 24.3 Å². The quantitative estimate of drug-likeness (QED) is 0.717. The van der Waals surface area contributed by atoms with Crippen molar-refractivity contribution in [1.82, 2.24) is 5.32 Å². The fourth-order valence-electron chi connectivity index (χ4n) is 2.53. The molecular weight excluding hydrogens is 326 g/mol. The standard InChI is InChI=1S/C19H22ClNOS/c1-4-18(17-10-5-13(2)11-14(17)3)21-19(22)12-23-16-8-6-15(20)7-9-16/h5-11,18H,4,12H2,1-3H3,(H,21,22)/t18-/m1/s1. The van der Waals surface area contributed by atoms with Gasteiger partial charge < -0.3 is 5.32 Å². The van der Waals surface area contributed by atoms with Gasteiger partial charge in [0.2, 0.25) is 5.91 Å². The second-order valence-corrected chi connectivity index (χ2v) is 7.12. The van der Waals surface area contributed by atoms with Crippen LogP contribution in [0, 0.1) is 13.8 Å². The smallest absolute Gasteiger partial charge is 0.230 e. The molecule has 0 aromatic heterocycles. The van der Waals surface area contributed by atoms with Crippen LogP contribution < -0.4 is 5.32 Å². The number of nitrogens with one attached hydrogen (secondary N) is 1. The first-order valence-corrected chi connectivity index (χ1v) is 9.11. The van der Waals surface area contributed by atoms with E-state index >= 15 is 0 Å². The molecule has 0 bridgehead atoms. The summed E-state index contributed by atoms with van der Waals surface area (Å²) in [7, 11) is 0. The van der Waals surface area contributed by atoms with Gasteiger partial charge in [-0.2, -0.15) is 0 Å². The highest BCUT2D eigenvalue weighted by Crippen LogP contribution is 2.23. The number of amides is 1. The first kappa shape index (κ1) is 17.9. The first-order chi connectivity index (χ1) is 11.0. The molecule has 1 atom stereocenters. The van der Waals surface area contributed by atoms with Crippen molar-refractivity contribution in [1.29, 1.82) is 0 Å². The Morgan fingerprint density at radius 2 is 1.87 bits per heavy atom. The number of carbonyl (C=O) groups excluding carboxylic acids is 1. The number of rotatable bonds is 6. The van der Waals surface area contributed by atoms with Crippen LogP contribution in [0.3, 0.4) is 0 Å². The molecule has 0 heterocycles. The van der Waals surface area contributed by atoms with Gasteiger partial charge in [-0.25, -0.2) is 0 Å². The minimum Gasteiger partial charge on any atom is -0.349 e. The van der Waals surface area contributed by atoms with Crippen LogP contribution >= 0.6 is 23.4 Å². The van der Waals surface area contributed by atoms with Crippen LogP contribution in [0.2, 0.25) is 5.02 Å². The normalized spacial score (nSPS) is 12.0. The second kappa shape index (κ2) is 8.42. The third-order valence-corrected chi connectivity index (χ3v) is 4.99. The minimum atomic E-state index is 0.0526. The number of benzene rings is 2. The number of hydrogen-bond acceptors (Lipinski definition) is 2. The van der Waals surface area contributed by atoms with Crippen LogP contribution in [-0.2, 0) is 4.79 Å². The number of thioether (sulfide) groups is 1. The predicted molar refractivity (Wildman–Crippen MR) is 99.3 cm³/mol. The molecule has 1 amide bonds. The van der Waals surface area contributed by atoms with E-state index in [0.29, 0.717) is 10.8 Å². The van der Waals surface area contributed by atoms with E-state index in [2.05, 4.69) is 44.3 Å². The van der Waals surface area contributed by atoms with Crippen molar-refractivity contribution in [2.75, 3.05) is 5.75 Å². The monoisotopic (exact) mass is 347 g/mol. The molecular formula is C19H22ClNOS. The lowest BCUT2D eigenvalue weighted by atomic mass is 9.97. The summed E-state index contributed by atoms with van der Waals surface area (Å²) < 4.78 is 0. The molecule has 0 fully saturated rings. The number of hydrogen-bond donors (Lipinski definition) is 1. The molecule has 0 aliphatic carbocycles. The number of halogens is 1. The number of aryl methyl sites for hydroxylation is 2. The van der Waals surface area contributed by atoms with Crippen molar-refractivity contribution in [3.8, 4) is 0 Å². The third-order valence-electron chi connectivity index (χ3n) is 3.73. The molecule has 1 N–H and O–H groups in total. The van der Waals surface area contributed by atoms with Gasteiger partial charge in [-0.05, 0) is 55.7 Å². The summed E-state index contributed by atoms with van der Waals surface area (Å²) in [6, 6.07) is 14.0. The molecule has 0 unspecified atom stereocenters. The summed E-state index contributed by atoms with van der Waals surface area (Å²) in [5, 5.41) is 3.85. The Morgan fingerprint density at radius 1 is 1.17 bits per heavy atom. The highest BCUT2D eigenvalue weighted by Gasteiger charge is 2.15. The van der Waals surface area contributed by atoms with Gasteiger partial charge >= 0.3 is 0 Å². The van der Waals surface area contributed by atoms with Crippen molar-refractivity contribution in [2.24, 2.45) is 0 Å². The van der Waals surface area contributed by atoms with Gasteiger partial charge in [0, 0.05) is 9.92 Å². The molecule has 0 saturated carbocycles. The van der Waals surface area contributed by atoms with Gasteiger partial charge in [0.1, 0.15) is 0 Å². The molecule has 4 heteroatoms. The Bertz CT molecular complexity index is 670. The van der Waals surface area contributed by atoms with Crippen molar-refractivity contribution in [3.05, 3.63) is 64.2 Å². The molecule has 0 aliphatic heterocycles. The Morgan fingerprint density at radius 3 is 2.48 bits per heavy atom. The van der Waals surface area contributed by atoms with Crippen LogP contribution in [0.5, 0.6) is 0 Å². The molecule has 2 aromatic rings. The highest BCUT2D eigenvalue weighted by molar-refractivity contribution is 8.00. The SMILES string of the molecule is CC[C@@H](NC(=O)CSc1ccc(Cl)cc1)c1ccc(C)cc1C. The highest BCUT2D eigenvalue weighted by atomic mass is 35.5. The third kappa shape index (κ3) is 5.29. The van der Waals surface area contributed by atoms with E-state index < -0.39 is 0 Å². The topological polar surface area (TPSA) is 29.1 Å². The molecule has 2 rings (SSSR count). The second-order valence-electron chi connectivity index (χ2n) is 5.63. The van der Waals surface area contributed by atoms with Gasteiger partial charge in [0.05, 0.1) is 11.8 Å². The molecule has 0 spiro atoms. The van der Waals surface area contributed by atoms with Gasteiger partial charge in [-0.1, -0.05) is 42.3 Å². The number of carbonyl (C=O) groups is 1. The van der Waals surface area contributed by atoms with Crippen molar-refractivity contribution in [2.45, 2.75) is 38.1 Å². The zero-order chi connectivity index (χ0) is 16.8. The lowest BCUT2D eigenvalue weighted by Gasteiger charge is -2.20. The maximum Gasteiger partial charge on any atom is 0.230 e. The molecule has 0 saturated heterocycles. The Hall–Kier alpha value is -1.45. The van der Waals surface area contributed by atoms with E-state index in [-0.39, 0.29) is 11.9 Å². The van der Waals surface area contributed by atoms with Gasteiger partial charge in [-0.15, -0.1) is 11.8 Å². The zero-order valence-electron chi connectivity index (χ0n) is 13.7. The van der Waals surface area contributed by atoms with Crippen molar-refractivity contribution in [3.63, 3.8) is 0 Å². The molecule has 2 aromatic carbocycles. The van der Waals surface area contributed by atoms with Gasteiger partial charge in [0.15, 0.2) is 0 Å². The van der Waals surface area contributed by atoms with E-state index in [0.717, 1.165) is 11.3 Å². The molecule has 2 nitrogen and oxygen atoms in total. The predicted octanol–water partition coefficient (Wildman–Crippen LogP) is 5.32. The molecule has 122 valence electrons. The summed E-state index contributed by atoms with van der Waals surface area (Å²) in [4.78, 5) is 13.3. The maximum atomic E-state index is 12.2. The Labute approximate surface area is 147 Å². The minimum absolute atomic E-state index is 0.0526. The molecule has 23 heavy (non-hydrogen) atoms. The van der Waals surface area contributed by atoms with E-state index in [1.54, 1.807) is 0 Å². The van der Waals surface area contributed by atoms with Crippen LogP contribution in [0.4, 0.5) is 0 Å². The lowest BCUT2D eigenvalue weighted by molar-refractivity contribution is -0.119. The molecule has 0 radical (unpaired) electrons. The average molecular weight is 348 g/mol. The summed E-state index contributed by atoms with van der Waals surface area (Å²) in [5.41, 5.74) is 3.66. The first-order valence-electron chi connectivity index (χ1n) is 7.74. The van der Waals surface area contributed by atoms with Crippen LogP contribution in [0.15, 0.2) is 47.4 Å². The van der Waals surface area contributed by atoms with Crippen LogP contribution in [0.25, 0.3) is 0 Å². The zero-order valence-corrected chi connectivity index (χ0v) is 15.3. The van der Waals surface area contributed by atoms with Crippen molar-refractivity contribution < 1.29 is 4.79 Å². The average Bonchev–Trinajstić information content (AvgIpc) is 2.52. The fraction of sp³-hybridized carbons (Fsp3) is 0.316. The van der Waals surface area contributed by atoms with E-state index in [1.165, 1.54) is 28.5 Å². The Kier molecular flexibility index (Phi) is 6.55. The van der Waals surface area contributed by atoms with E-state index in [9.17, 15) is 4.79 Å². The van der Waals surface area contributed by atoms with Gasteiger partial charge in [0.25, 0.3) is 0 Å². The van der Waals surface area contributed by atoms with Crippen LogP contribution in [-0.4, -0.2) is 11.7 Å². The van der Waals surface area contributed by atoms with Crippen LogP contribution in [0.1, 0.15) is 36.1 Å². The van der Waals surface area contributed by atoms with Crippen molar-refractivity contribution >= 4 is 29.3 Å². The maximum absolute atomic E-state index is 12.2. The largest absolute Gasteiger partial charge is 0.349 e. The fourth-order valence-corrected chi connectivity index (χ4v) is 3.37. The summed E-state index contributed by atoms with van der Waals surface area (Å²) in [5.74, 6) is 0.458. The van der Waals surface area contributed by atoms with E-state index in [4.69, 9.17) is 11.6 Å². The summed E-state index contributed by atoms with van der Waals surface area (Å²) >= 11 is 7.39. The Balaban J connectivity index is 1.95. The summed E-state index contributed by atoms with van der Waals surface area (Å²) in [6.07, 6.45) is 0.876. The summed E-state index contributed by atoms with van der Waals surface area (Å²) in [6.45, 7) is 6.27. The van der Waals surface area contributed by atoms with Gasteiger partial charge in [-0.3, -0.25) is 4.79 Å². The molecule has 0 aliphatic rings. The lowest BCUT2D eigenvalue weighted by Crippen LogP contribution is -2.30.